The molecule has 1 fully saturated rings. The molecule has 94 valence electrons. The summed E-state index contributed by atoms with van der Waals surface area (Å²) < 4.78 is 2.31. The van der Waals surface area contributed by atoms with Gasteiger partial charge in [0.15, 0.2) is 0 Å². The number of nitrogens with one attached hydrogen (secondary N) is 1. The van der Waals surface area contributed by atoms with Crippen molar-refractivity contribution in [2.75, 3.05) is 0 Å². The predicted molar refractivity (Wildman–Crippen MR) is 75.2 cm³/mol. The first-order valence-corrected chi connectivity index (χ1v) is 8.34. The van der Waals surface area contributed by atoms with Gasteiger partial charge in [-0.3, -0.25) is 0 Å². The maximum atomic E-state index is 12.2. The van der Waals surface area contributed by atoms with E-state index in [1.807, 2.05) is 6.07 Å². The number of carbonyl (C=O) groups is 1. The Labute approximate surface area is 113 Å². The molecule has 1 aromatic carbocycles. The molecule has 0 bridgehead atoms. The number of hydrogen-bond acceptors (Lipinski definition) is 1. The van der Waals surface area contributed by atoms with Crippen LogP contribution in [-0.2, 0) is 0 Å². The van der Waals surface area contributed by atoms with Crippen LogP contribution in [0.15, 0.2) is 30.3 Å². The van der Waals surface area contributed by atoms with Crippen molar-refractivity contribution in [3.8, 4) is 0 Å². The summed E-state index contributed by atoms with van der Waals surface area (Å²) in [6.07, 6.45) is 6.15. The molecule has 1 heterocycles. The molecule has 2 aromatic rings. The zero-order valence-electron chi connectivity index (χ0n) is 10.3. The van der Waals surface area contributed by atoms with Crippen molar-refractivity contribution in [2.45, 2.75) is 38.1 Å². The molecule has 0 unspecified atom stereocenters. The van der Waals surface area contributed by atoms with E-state index < -0.39 is 0 Å². The molecule has 2 nitrogen and oxygen atoms in total. The molecule has 1 N–H and O–H groups in total. The third-order valence-corrected chi connectivity index (χ3v) is 5.93. The van der Waals surface area contributed by atoms with Crippen molar-refractivity contribution in [3.05, 3.63) is 34.8 Å². The summed E-state index contributed by atoms with van der Waals surface area (Å²) in [5.74, 6) is 0.165. The van der Waals surface area contributed by atoms with Gasteiger partial charge < -0.3 is 0 Å². The fraction of sp³-hybridized carbons (Fsp3) is 0.400. The summed E-state index contributed by atoms with van der Waals surface area (Å²) in [4.78, 5) is 12.2. The Balaban J connectivity index is 1.74. The van der Waals surface area contributed by atoms with E-state index in [0.29, 0.717) is 6.04 Å². The Morgan fingerprint density at radius 1 is 1.17 bits per heavy atom. The van der Waals surface area contributed by atoms with Gasteiger partial charge in [-0.1, -0.05) is 0 Å². The minimum absolute atomic E-state index is 0.165. The molecule has 1 saturated carbocycles. The van der Waals surface area contributed by atoms with Crippen LogP contribution in [0, 0.1) is 0 Å². The van der Waals surface area contributed by atoms with E-state index in [1.165, 1.54) is 28.9 Å². The van der Waals surface area contributed by atoms with Gasteiger partial charge in [-0.25, -0.2) is 0 Å². The molecule has 0 spiro atoms. The van der Waals surface area contributed by atoms with E-state index in [9.17, 15) is 4.79 Å². The van der Waals surface area contributed by atoms with Crippen LogP contribution in [-0.4, -0.2) is 26.5 Å². The first-order chi connectivity index (χ1) is 8.83. The quantitative estimate of drug-likeness (QED) is 0.849. The maximum absolute atomic E-state index is 12.2. The van der Waals surface area contributed by atoms with Crippen molar-refractivity contribution in [2.24, 2.45) is 0 Å². The number of hydrogen-bond donors (Lipinski definition) is 1. The second-order valence-corrected chi connectivity index (χ2v) is 7.23. The molecule has 1 amide bonds. The van der Waals surface area contributed by atoms with Crippen LogP contribution in [0.2, 0.25) is 0 Å². The van der Waals surface area contributed by atoms with Crippen molar-refractivity contribution in [1.82, 2.24) is 5.32 Å². The van der Waals surface area contributed by atoms with Crippen LogP contribution < -0.4 is 5.32 Å². The predicted octanol–water partition coefficient (Wildman–Crippen LogP) is 2.96. The Kier molecular flexibility index (Phi) is 3.53. The monoisotopic (exact) mass is 307 g/mol. The molecule has 1 aromatic heterocycles. The minimum atomic E-state index is 0.165. The fourth-order valence-corrected chi connectivity index (χ4v) is 4.62. The summed E-state index contributed by atoms with van der Waals surface area (Å²) in [6.45, 7) is 0. The van der Waals surface area contributed by atoms with Crippen LogP contribution in [0.3, 0.4) is 0 Å². The van der Waals surface area contributed by atoms with Gasteiger partial charge in [-0.15, -0.1) is 0 Å². The summed E-state index contributed by atoms with van der Waals surface area (Å²) in [5, 5.41) is 4.43. The fourth-order valence-electron chi connectivity index (χ4n) is 2.60. The van der Waals surface area contributed by atoms with Crippen LogP contribution >= 0.6 is 0 Å². The molecular formula is C15H17NOSe. The van der Waals surface area contributed by atoms with Crippen LogP contribution in [0.5, 0.6) is 0 Å². The molecule has 1 aliphatic carbocycles. The topological polar surface area (TPSA) is 29.1 Å². The summed E-state index contributed by atoms with van der Waals surface area (Å²) in [6, 6.07) is 10.8. The Bertz CT molecular complexity index is 521. The molecule has 3 rings (SSSR count). The molecular weight excluding hydrogens is 289 g/mol. The standard InChI is InChI=1S/C15H17NOSe/c17-15(16-12-7-2-1-3-8-12)14-10-11-6-4-5-9-13(11)18-14/h4-6,9-10,12H,1-3,7-8H2,(H,16,17). The zero-order valence-corrected chi connectivity index (χ0v) is 12.0. The third kappa shape index (κ3) is 2.52. The number of rotatable bonds is 2. The first kappa shape index (κ1) is 12.0. The summed E-state index contributed by atoms with van der Waals surface area (Å²) in [5.41, 5.74) is 0. The van der Waals surface area contributed by atoms with Gasteiger partial charge in [0.05, 0.1) is 0 Å². The van der Waals surface area contributed by atoms with Gasteiger partial charge >= 0.3 is 113 Å². The Morgan fingerprint density at radius 3 is 2.72 bits per heavy atom. The van der Waals surface area contributed by atoms with Crippen LogP contribution in [0.25, 0.3) is 9.65 Å². The summed E-state index contributed by atoms with van der Waals surface area (Å²) in [7, 11) is 0. The molecule has 0 aliphatic heterocycles. The molecule has 0 saturated heterocycles. The van der Waals surface area contributed by atoms with E-state index in [0.717, 1.165) is 17.3 Å². The third-order valence-electron chi connectivity index (χ3n) is 3.59. The average molecular weight is 306 g/mol. The molecule has 1 aliphatic rings. The van der Waals surface area contributed by atoms with Crippen molar-refractivity contribution in [1.29, 1.82) is 0 Å². The van der Waals surface area contributed by atoms with Gasteiger partial charge in [0.2, 0.25) is 0 Å². The van der Waals surface area contributed by atoms with Crippen LogP contribution in [0.1, 0.15) is 41.3 Å². The second kappa shape index (κ2) is 5.29. The number of benzene rings is 1. The van der Waals surface area contributed by atoms with Crippen molar-refractivity contribution >= 4 is 30.1 Å². The second-order valence-electron chi connectivity index (χ2n) is 4.96. The van der Waals surface area contributed by atoms with Crippen molar-refractivity contribution < 1.29 is 4.79 Å². The average Bonchev–Trinajstić information content (AvgIpc) is 2.84. The molecule has 18 heavy (non-hydrogen) atoms. The van der Waals surface area contributed by atoms with E-state index in [-0.39, 0.29) is 20.4 Å². The SMILES string of the molecule is O=C(NC1CCCCC1)c1cc2ccccc2[se]1. The van der Waals surface area contributed by atoms with Gasteiger partial charge in [-0.05, 0) is 0 Å². The normalized spacial score (nSPS) is 16.9. The van der Waals surface area contributed by atoms with Gasteiger partial charge in [0.1, 0.15) is 0 Å². The first-order valence-electron chi connectivity index (χ1n) is 6.62. The van der Waals surface area contributed by atoms with Crippen LogP contribution in [0.4, 0.5) is 0 Å². The van der Waals surface area contributed by atoms with Gasteiger partial charge in [0, 0.05) is 0 Å². The Hall–Kier alpha value is -1.05. The Morgan fingerprint density at radius 2 is 1.94 bits per heavy atom. The number of carbonyl (C=O) groups excluding carboxylic acids is 1. The van der Waals surface area contributed by atoms with E-state index >= 15 is 0 Å². The van der Waals surface area contributed by atoms with Crippen molar-refractivity contribution in [3.63, 3.8) is 0 Å². The van der Waals surface area contributed by atoms with E-state index in [2.05, 4.69) is 29.6 Å². The summed E-state index contributed by atoms with van der Waals surface area (Å²) >= 11 is 0.190. The van der Waals surface area contributed by atoms with Gasteiger partial charge in [-0.2, -0.15) is 0 Å². The molecule has 0 radical (unpaired) electrons. The van der Waals surface area contributed by atoms with E-state index in [4.69, 9.17) is 0 Å². The van der Waals surface area contributed by atoms with E-state index in [1.54, 1.807) is 0 Å². The molecule has 0 atom stereocenters. The molecule has 3 heteroatoms. The number of amides is 1. The number of fused-ring (bicyclic) bond motifs is 1. The van der Waals surface area contributed by atoms with Gasteiger partial charge in [0.25, 0.3) is 0 Å². The zero-order chi connectivity index (χ0) is 12.4.